The van der Waals surface area contributed by atoms with Crippen molar-refractivity contribution >= 4 is 11.9 Å². The van der Waals surface area contributed by atoms with Crippen LogP contribution in [0.4, 0.5) is 10.6 Å². The highest BCUT2D eigenvalue weighted by Gasteiger charge is 2.35. The molecule has 120 valence electrons. The molecule has 3 rings (SSSR count). The molecule has 0 bridgehead atoms. The number of amides is 1. The highest BCUT2D eigenvalue weighted by molar-refractivity contribution is 5.70. The van der Waals surface area contributed by atoms with E-state index in [-0.39, 0.29) is 6.09 Å². The number of carbonyl (C=O) groups excluding carboxylic acids is 1. The Morgan fingerprint density at radius 2 is 2.00 bits per heavy atom. The van der Waals surface area contributed by atoms with Crippen molar-refractivity contribution in [2.75, 3.05) is 11.4 Å². The molecule has 0 spiro atoms. The molecule has 2 aliphatic heterocycles. The first kappa shape index (κ1) is 15.1. The van der Waals surface area contributed by atoms with Gasteiger partial charge in [0.2, 0.25) is 0 Å². The van der Waals surface area contributed by atoms with Crippen molar-refractivity contribution in [1.82, 2.24) is 14.9 Å². The van der Waals surface area contributed by atoms with Gasteiger partial charge < -0.3 is 9.64 Å². The quantitative estimate of drug-likeness (QED) is 0.798. The minimum atomic E-state index is -0.484. The molecule has 22 heavy (non-hydrogen) atoms. The fraction of sp³-hybridized carbons (Fsp3) is 0.688. The van der Waals surface area contributed by atoms with Gasteiger partial charge in [-0.15, -0.1) is 0 Å². The molecule has 1 aromatic rings. The third kappa shape index (κ3) is 2.74. The maximum atomic E-state index is 12.3. The van der Waals surface area contributed by atoms with E-state index >= 15 is 0 Å². The molecule has 1 amide bonds. The summed E-state index contributed by atoms with van der Waals surface area (Å²) in [5, 5.41) is 0. The number of fused-ring (bicyclic) bond motifs is 1. The third-order valence-corrected chi connectivity index (χ3v) is 4.12. The lowest BCUT2D eigenvalue weighted by Crippen LogP contribution is -2.47. The number of anilines is 1. The smallest absolute Gasteiger partial charge is 0.410 e. The Bertz CT molecular complexity index is 609. The lowest BCUT2D eigenvalue weighted by atomic mass is 10.0. The second-order valence-electron chi connectivity index (χ2n) is 7.19. The van der Waals surface area contributed by atoms with Crippen LogP contribution in [0.2, 0.25) is 0 Å². The van der Waals surface area contributed by atoms with E-state index in [1.165, 1.54) is 6.42 Å². The van der Waals surface area contributed by atoms with Gasteiger partial charge in [0.25, 0.3) is 0 Å². The number of ether oxygens (including phenoxy) is 1. The highest BCUT2D eigenvalue weighted by atomic mass is 16.6. The minimum Gasteiger partial charge on any atom is -0.444 e. The van der Waals surface area contributed by atoms with Crippen LogP contribution in [-0.4, -0.2) is 39.1 Å². The summed E-state index contributed by atoms with van der Waals surface area (Å²) in [5.74, 6) is 1.76. The summed E-state index contributed by atoms with van der Waals surface area (Å²) in [4.78, 5) is 25.4. The standard InChI is InChI=1S/C16H24N4O2/c1-10-6-7-20(10)14-12-8-19(15(21)22-16(3,4)5)9-13(12)17-11(2)18-14/h10H,6-9H2,1-5H3/t10-/m1/s1. The first-order chi connectivity index (χ1) is 10.2. The van der Waals surface area contributed by atoms with Crippen molar-refractivity contribution in [1.29, 1.82) is 0 Å². The molecule has 1 atom stereocenters. The maximum absolute atomic E-state index is 12.3. The van der Waals surface area contributed by atoms with Gasteiger partial charge in [0.15, 0.2) is 0 Å². The van der Waals surface area contributed by atoms with Crippen LogP contribution in [0.1, 0.15) is 51.2 Å². The Morgan fingerprint density at radius 3 is 2.55 bits per heavy atom. The molecule has 6 heteroatoms. The second-order valence-corrected chi connectivity index (χ2v) is 7.19. The Kier molecular flexibility index (Phi) is 3.50. The summed E-state index contributed by atoms with van der Waals surface area (Å²) in [5.41, 5.74) is 1.54. The van der Waals surface area contributed by atoms with Gasteiger partial charge in [-0.1, -0.05) is 0 Å². The predicted molar refractivity (Wildman–Crippen MR) is 83.7 cm³/mol. The minimum absolute atomic E-state index is 0.286. The summed E-state index contributed by atoms with van der Waals surface area (Å²) < 4.78 is 5.47. The van der Waals surface area contributed by atoms with Gasteiger partial charge in [-0.05, 0) is 41.0 Å². The molecule has 3 heterocycles. The van der Waals surface area contributed by atoms with Gasteiger partial charge in [0.1, 0.15) is 17.2 Å². The Balaban J connectivity index is 1.83. The van der Waals surface area contributed by atoms with Crippen LogP contribution in [0.25, 0.3) is 0 Å². The molecule has 0 aliphatic carbocycles. The number of nitrogens with zero attached hydrogens (tertiary/aromatic N) is 4. The summed E-state index contributed by atoms with van der Waals surface area (Å²) in [6.45, 7) is 11.8. The normalized spacial score (nSPS) is 20.7. The second kappa shape index (κ2) is 5.11. The van der Waals surface area contributed by atoms with Gasteiger partial charge in [0, 0.05) is 18.2 Å². The van der Waals surface area contributed by atoms with Crippen molar-refractivity contribution in [3.05, 3.63) is 17.1 Å². The molecule has 0 unspecified atom stereocenters. The van der Waals surface area contributed by atoms with Crippen LogP contribution in [0.5, 0.6) is 0 Å². The zero-order valence-electron chi connectivity index (χ0n) is 14.0. The Labute approximate surface area is 131 Å². The first-order valence-corrected chi connectivity index (χ1v) is 7.85. The summed E-state index contributed by atoms with van der Waals surface area (Å²) >= 11 is 0. The average Bonchev–Trinajstić information content (AvgIpc) is 2.78. The topological polar surface area (TPSA) is 58.6 Å². The van der Waals surface area contributed by atoms with Crippen molar-refractivity contribution in [2.24, 2.45) is 0 Å². The van der Waals surface area contributed by atoms with Gasteiger partial charge in [-0.3, -0.25) is 4.90 Å². The van der Waals surface area contributed by atoms with Crippen LogP contribution < -0.4 is 4.90 Å². The molecule has 6 nitrogen and oxygen atoms in total. The lowest BCUT2D eigenvalue weighted by Gasteiger charge is -2.40. The van der Waals surface area contributed by atoms with Crippen LogP contribution in [0.3, 0.4) is 0 Å². The zero-order valence-corrected chi connectivity index (χ0v) is 14.0. The lowest BCUT2D eigenvalue weighted by molar-refractivity contribution is 0.0240. The molecular weight excluding hydrogens is 280 g/mol. The molecule has 0 radical (unpaired) electrons. The fourth-order valence-electron chi connectivity index (χ4n) is 2.88. The number of hydrogen-bond donors (Lipinski definition) is 0. The van der Waals surface area contributed by atoms with Crippen LogP contribution >= 0.6 is 0 Å². The van der Waals surface area contributed by atoms with E-state index in [2.05, 4.69) is 21.8 Å². The molecule has 1 saturated heterocycles. The van der Waals surface area contributed by atoms with Gasteiger partial charge in [0.05, 0.1) is 18.8 Å². The van der Waals surface area contributed by atoms with E-state index in [9.17, 15) is 4.79 Å². The van der Waals surface area contributed by atoms with Crippen LogP contribution in [0, 0.1) is 6.92 Å². The van der Waals surface area contributed by atoms with Crippen molar-refractivity contribution in [3.8, 4) is 0 Å². The SMILES string of the molecule is Cc1nc2c(c(N3CC[C@H]3C)n1)CN(C(=O)OC(C)(C)C)C2. The van der Waals surface area contributed by atoms with Crippen LogP contribution in [-0.2, 0) is 17.8 Å². The molecular formula is C16H24N4O2. The van der Waals surface area contributed by atoms with Crippen molar-refractivity contribution in [3.63, 3.8) is 0 Å². The predicted octanol–water partition coefficient (Wildman–Crippen LogP) is 2.63. The molecule has 1 fully saturated rings. The van der Waals surface area contributed by atoms with E-state index < -0.39 is 5.60 Å². The fourth-order valence-corrected chi connectivity index (χ4v) is 2.88. The average molecular weight is 304 g/mol. The molecule has 1 aromatic heterocycles. The number of aromatic nitrogens is 2. The first-order valence-electron chi connectivity index (χ1n) is 7.85. The van der Waals surface area contributed by atoms with Gasteiger partial charge in [-0.2, -0.15) is 0 Å². The van der Waals surface area contributed by atoms with E-state index in [0.717, 1.165) is 29.4 Å². The number of aryl methyl sites for hydroxylation is 1. The van der Waals surface area contributed by atoms with Crippen molar-refractivity contribution < 1.29 is 9.53 Å². The van der Waals surface area contributed by atoms with E-state index in [0.29, 0.717) is 19.1 Å². The molecule has 0 saturated carbocycles. The van der Waals surface area contributed by atoms with Crippen molar-refractivity contribution in [2.45, 2.75) is 65.8 Å². The summed E-state index contributed by atoms with van der Waals surface area (Å²) in [6, 6.07) is 0.508. The number of carbonyl (C=O) groups is 1. The largest absolute Gasteiger partial charge is 0.444 e. The van der Waals surface area contributed by atoms with Gasteiger partial charge in [-0.25, -0.2) is 14.8 Å². The Hall–Kier alpha value is -1.85. The summed E-state index contributed by atoms with van der Waals surface area (Å²) in [6.07, 6.45) is 0.902. The molecule has 0 aromatic carbocycles. The Morgan fingerprint density at radius 1 is 1.27 bits per heavy atom. The van der Waals surface area contributed by atoms with E-state index in [4.69, 9.17) is 4.74 Å². The monoisotopic (exact) mass is 304 g/mol. The van der Waals surface area contributed by atoms with E-state index in [1.807, 2.05) is 27.7 Å². The third-order valence-electron chi connectivity index (χ3n) is 4.12. The number of rotatable bonds is 1. The highest BCUT2D eigenvalue weighted by Crippen LogP contribution is 2.34. The maximum Gasteiger partial charge on any atom is 0.410 e. The zero-order chi connectivity index (χ0) is 16.1. The molecule has 2 aliphatic rings. The van der Waals surface area contributed by atoms with Gasteiger partial charge >= 0.3 is 6.09 Å². The van der Waals surface area contributed by atoms with Crippen LogP contribution in [0.15, 0.2) is 0 Å². The molecule has 0 N–H and O–H groups in total. The summed E-state index contributed by atoms with van der Waals surface area (Å²) in [7, 11) is 0. The van der Waals surface area contributed by atoms with E-state index in [1.54, 1.807) is 4.90 Å². The number of hydrogen-bond acceptors (Lipinski definition) is 5.